The first kappa shape index (κ1) is 18.3. The van der Waals surface area contributed by atoms with E-state index in [1.165, 1.54) is 0 Å². The lowest BCUT2D eigenvalue weighted by molar-refractivity contribution is 0.102. The van der Waals surface area contributed by atoms with E-state index < -0.39 is 0 Å². The Hall–Kier alpha value is -3.12. The van der Waals surface area contributed by atoms with Gasteiger partial charge in [0, 0.05) is 11.9 Å². The summed E-state index contributed by atoms with van der Waals surface area (Å²) in [4.78, 5) is 17.5. The van der Waals surface area contributed by atoms with Crippen molar-refractivity contribution >= 4 is 45.3 Å². The van der Waals surface area contributed by atoms with Crippen LogP contribution in [0.3, 0.4) is 0 Å². The molecule has 0 saturated carbocycles. The van der Waals surface area contributed by atoms with Gasteiger partial charge < -0.3 is 10.1 Å². The zero-order chi connectivity index (χ0) is 19.7. The molecule has 0 aliphatic heterocycles. The minimum atomic E-state index is -0.306. The highest BCUT2D eigenvalue weighted by molar-refractivity contribution is 6.34. The van der Waals surface area contributed by atoms with Crippen LogP contribution in [0.1, 0.15) is 23.7 Å². The fourth-order valence-electron chi connectivity index (χ4n) is 3.14. The van der Waals surface area contributed by atoms with Gasteiger partial charge in [-0.2, -0.15) is 5.10 Å². The molecule has 0 aliphatic carbocycles. The molecule has 0 fully saturated rings. The maximum Gasteiger partial charge on any atom is 0.258 e. The summed E-state index contributed by atoms with van der Waals surface area (Å²) in [6.07, 6.45) is 0.900. The molecule has 0 aliphatic rings. The predicted molar refractivity (Wildman–Crippen MR) is 111 cm³/mol. The number of halogens is 1. The van der Waals surface area contributed by atoms with Gasteiger partial charge >= 0.3 is 0 Å². The van der Waals surface area contributed by atoms with Crippen LogP contribution in [0.25, 0.3) is 21.9 Å². The van der Waals surface area contributed by atoms with Gasteiger partial charge in [-0.05, 0) is 42.8 Å². The molecule has 0 spiro atoms. The molecular weight excluding hydrogens is 376 g/mol. The topological polar surface area (TPSA) is 69.0 Å². The first-order chi connectivity index (χ1) is 13.6. The fraction of sp³-hybridized carbons (Fsp3) is 0.190. The van der Waals surface area contributed by atoms with Crippen LogP contribution >= 0.6 is 11.6 Å². The maximum absolute atomic E-state index is 12.7. The lowest BCUT2D eigenvalue weighted by atomic mass is 10.1. The molecule has 0 unspecified atom stereocenters. The lowest BCUT2D eigenvalue weighted by Gasteiger charge is -2.05. The number of ether oxygens (including phenoxy) is 1. The summed E-state index contributed by atoms with van der Waals surface area (Å²) in [5, 5.41) is 9.56. The number of aromatic nitrogens is 3. The van der Waals surface area contributed by atoms with Crippen molar-refractivity contribution in [2.45, 2.75) is 19.9 Å². The second-order valence-corrected chi connectivity index (χ2v) is 6.83. The van der Waals surface area contributed by atoms with Crippen LogP contribution in [0.2, 0.25) is 5.02 Å². The zero-order valence-electron chi connectivity index (χ0n) is 15.6. The number of anilines is 1. The average Bonchev–Trinajstić information content (AvgIpc) is 3.02. The van der Waals surface area contributed by atoms with E-state index >= 15 is 0 Å². The monoisotopic (exact) mass is 394 g/mol. The van der Waals surface area contributed by atoms with Gasteiger partial charge in [0.1, 0.15) is 5.75 Å². The highest BCUT2D eigenvalue weighted by Crippen LogP contribution is 2.29. The van der Waals surface area contributed by atoms with Gasteiger partial charge in [-0.25, -0.2) is 9.67 Å². The number of hydrogen-bond donors (Lipinski definition) is 1. The Labute approximate surface area is 167 Å². The first-order valence-corrected chi connectivity index (χ1v) is 9.39. The van der Waals surface area contributed by atoms with Gasteiger partial charge in [-0.15, -0.1) is 0 Å². The van der Waals surface area contributed by atoms with E-state index in [-0.39, 0.29) is 5.91 Å². The Balaban J connectivity index is 1.83. The summed E-state index contributed by atoms with van der Waals surface area (Å²) >= 11 is 6.16. The normalized spacial score (nSPS) is 11.1. The third kappa shape index (κ3) is 3.27. The number of rotatable bonds is 5. The largest absolute Gasteiger partial charge is 0.497 e. The summed E-state index contributed by atoms with van der Waals surface area (Å²) in [7, 11) is 1.63. The number of nitrogens with zero attached hydrogens (tertiary/aromatic N) is 3. The van der Waals surface area contributed by atoms with Gasteiger partial charge in [0.05, 0.1) is 28.6 Å². The zero-order valence-corrected chi connectivity index (χ0v) is 16.3. The molecule has 2 aromatic carbocycles. The number of nitrogens with one attached hydrogen (secondary N) is 1. The summed E-state index contributed by atoms with van der Waals surface area (Å²) in [5.41, 5.74) is 1.97. The minimum Gasteiger partial charge on any atom is -0.497 e. The smallest absolute Gasteiger partial charge is 0.258 e. The number of fused-ring (bicyclic) bond motifs is 2. The molecule has 1 amide bonds. The van der Waals surface area contributed by atoms with Crippen molar-refractivity contribution < 1.29 is 9.53 Å². The number of carbonyl (C=O) groups excluding carboxylic acids is 1. The van der Waals surface area contributed by atoms with E-state index in [9.17, 15) is 4.79 Å². The van der Waals surface area contributed by atoms with Crippen molar-refractivity contribution in [1.82, 2.24) is 14.8 Å². The Morgan fingerprint density at radius 2 is 2.04 bits per heavy atom. The van der Waals surface area contributed by atoms with Gasteiger partial charge in [-0.3, -0.25) is 4.79 Å². The molecule has 7 heteroatoms. The number of amides is 1. The molecule has 0 radical (unpaired) electrons. The minimum absolute atomic E-state index is 0.306. The quantitative estimate of drug-likeness (QED) is 0.522. The molecule has 1 N–H and O–H groups in total. The number of aryl methyl sites for hydroxylation is 1. The van der Waals surface area contributed by atoms with E-state index in [0.717, 1.165) is 34.1 Å². The molecular formula is C21H19ClN4O2. The summed E-state index contributed by atoms with van der Waals surface area (Å²) in [6, 6.07) is 14.6. The van der Waals surface area contributed by atoms with E-state index in [2.05, 4.69) is 17.3 Å². The maximum atomic E-state index is 12.7. The van der Waals surface area contributed by atoms with Crippen molar-refractivity contribution in [3.8, 4) is 5.75 Å². The number of hydrogen-bond acceptors (Lipinski definition) is 4. The van der Waals surface area contributed by atoms with Crippen LogP contribution < -0.4 is 10.1 Å². The van der Waals surface area contributed by atoms with Crippen molar-refractivity contribution in [2.24, 2.45) is 0 Å². The molecule has 28 heavy (non-hydrogen) atoms. The number of carbonyl (C=O) groups is 1. The molecule has 142 valence electrons. The highest BCUT2D eigenvalue weighted by Gasteiger charge is 2.17. The Bertz CT molecular complexity index is 1190. The predicted octanol–water partition coefficient (Wildman–Crippen LogP) is 4.91. The number of pyridine rings is 1. The summed E-state index contributed by atoms with van der Waals surface area (Å²) in [6.45, 7) is 2.77. The number of benzene rings is 2. The molecule has 0 atom stereocenters. The van der Waals surface area contributed by atoms with Gasteiger partial charge in [0.2, 0.25) is 0 Å². The summed E-state index contributed by atoms with van der Waals surface area (Å²) < 4.78 is 7.13. The molecule has 4 rings (SSSR count). The van der Waals surface area contributed by atoms with Crippen molar-refractivity contribution in [3.05, 3.63) is 59.1 Å². The van der Waals surface area contributed by atoms with E-state index in [4.69, 9.17) is 21.3 Å². The fourth-order valence-corrected chi connectivity index (χ4v) is 3.37. The van der Waals surface area contributed by atoms with Gasteiger partial charge in [0.15, 0.2) is 11.5 Å². The van der Waals surface area contributed by atoms with Crippen molar-refractivity contribution in [3.63, 3.8) is 0 Å². The van der Waals surface area contributed by atoms with Crippen LogP contribution in [0, 0.1) is 0 Å². The SMILES string of the molecule is CCCn1nc(NC(=O)c2ccccc2Cl)c2cc3cc(OC)ccc3nc21. The van der Waals surface area contributed by atoms with Crippen LogP contribution in [-0.2, 0) is 6.54 Å². The van der Waals surface area contributed by atoms with Crippen LogP contribution in [0.5, 0.6) is 5.75 Å². The van der Waals surface area contributed by atoms with E-state index in [1.807, 2.05) is 28.9 Å². The van der Waals surface area contributed by atoms with Gasteiger partial charge in [-0.1, -0.05) is 30.7 Å². The third-order valence-corrected chi connectivity index (χ3v) is 4.84. The average molecular weight is 395 g/mol. The standard InChI is InChI=1S/C21H19ClN4O2/c1-3-10-26-20-16(12-13-11-14(28-2)8-9-18(13)23-20)19(25-26)24-21(27)15-6-4-5-7-17(15)22/h4-9,11-12H,3,10H2,1-2H3,(H,24,25,27). The molecule has 6 nitrogen and oxygen atoms in total. The number of methoxy groups -OCH3 is 1. The molecule has 0 bridgehead atoms. The molecule has 2 heterocycles. The van der Waals surface area contributed by atoms with Crippen LogP contribution in [-0.4, -0.2) is 27.8 Å². The van der Waals surface area contributed by atoms with Crippen molar-refractivity contribution in [1.29, 1.82) is 0 Å². The molecule has 4 aromatic rings. The second-order valence-electron chi connectivity index (χ2n) is 6.42. The molecule has 0 saturated heterocycles. The Kier molecular flexibility index (Phi) is 4.88. The van der Waals surface area contributed by atoms with E-state index in [0.29, 0.717) is 22.9 Å². The second kappa shape index (κ2) is 7.48. The Morgan fingerprint density at radius 3 is 2.79 bits per heavy atom. The Morgan fingerprint density at radius 1 is 1.21 bits per heavy atom. The van der Waals surface area contributed by atoms with Crippen LogP contribution in [0.15, 0.2) is 48.5 Å². The molecule has 2 aromatic heterocycles. The summed E-state index contributed by atoms with van der Waals surface area (Å²) in [5.74, 6) is 0.904. The van der Waals surface area contributed by atoms with Crippen molar-refractivity contribution in [2.75, 3.05) is 12.4 Å². The van der Waals surface area contributed by atoms with Crippen LogP contribution in [0.4, 0.5) is 5.82 Å². The van der Waals surface area contributed by atoms with E-state index in [1.54, 1.807) is 31.4 Å². The third-order valence-electron chi connectivity index (χ3n) is 4.51. The first-order valence-electron chi connectivity index (χ1n) is 9.02. The highest BCUT2D eigenvalue weighted by atomic mass is 35.5. The van der Waals surface area contributed by atoms with Gasteiger partial charge in [0.25, 0.3) is 5.91 Å². The lowest BCUT2D eigenvalue weighted by Crippen LogP contribution is -2.13.